The summed E-state index contributed by atoms with van der Waals surface area (Å²) in [5.74, 6) is -0.660. The molecule has 0 radical (unpaired) electrons. The van der Waals surface area contributed by atoms with E-state index in [2.05, 4.69) is 13.0 Å². The second-order valence-electron chi connectivity index (χ2n) is 4.72. The molecule has 0 aliphatic carbocycles. The zero-order valence-electron chi connectivity index (χ0n) is 11.7. The Morgan fingerprint density at radius 1 is 1.05 bits per heavy atom. The standard InChI is InChI=1S/C16H22O3/c1-3-12-9-10-13(4-2)14(11-12)15(17)7-5-6-8-16(18)19/h9-11H,3-8H2,1-2H3,(H,18,19). The molecule has 0 bridgehead atoms. The fourth-order valence-corrected chi connectivity index (χ4v) is 2.11. The van der Waals surface area contributed by atoms with Gasteiger partial charge in [0.2, 0.25) is 0 Å². The van der Waals surface area contributed by atoms with E-state index in [0.717, 1.165) is 24.0 Å². The highest BCUT2D eigenvalue weighted by Crippen LogP contribution is 2.17. The molecule has 0 spiro atoms. The van der Waals surface area contributed by atoms with Gasteiger partial charge in [-0.1, -0.05) is 26.0 Å². The Morgan fingerprint density at radius 2 is 1.74 bits per heavy atom. The van der Waals surface area contributed by atoms with Crippen molar-refractivity contribution < 1.29 is 14.7 Å². The molecule has 0 unspecified atom stereocenters. The highest BCUT2D eigenvalue weighted by molar-refractivity contribution is 5.97. The fourth-order valence-electron chi connectivity index (χ4n) is 2.11. The molecule has 0 heterocycles. The number of carbonyl (C=O) groups is 2. The number of hydrogen-bond acceptors (Lipinski definition) is 2. The molecule has 104 valence electrons. The summed E-state index contributed by atoms with van der Waals surface area (Å²) in [4.78, 5) is 22.6. The van der Waals surface area contributed by atoms with Crippen LogP contribution in [-0.2, 0) is 17.6 Å². The summed E-state index contributed by atoms with van der Waals surface area (Å²) in [6.45, 7) is 4.12. The topological polar surface area (TPSA) is 54.4 Å². The zero-order valence-corrected chi connectivity index (χ0v) is 11.7. The van der Waals surface area contributed by atoms with Gasteiger partial charge in [0.25, 0.3) is 0 Å². The quantitative estimate of drug-likeness (QED) is 0.575. The molecule has 1 aromatic rings. The third-order valence-electron chi connectivity index (χ3n) is 3.31. The molecule has 0 aliphatic heterocycles. The second kappa shape index (κ2) is 7.72. The van der Waals surface area contributed by atoms with Crippen molar-refractivity contribution in [2.75, 3.05) is 0 Å². The Balaban J connectivity index is 2.66. The van der Waals surface area contributed by atoms with Crippen molar-refractivity contribution in [3.05, 3.63) is 34.9 Å². The first-order chi connectivity index (χ1) is 9.08. The smallest absolute Gasteiger partial charge is 0.303 e. The van der Waals surface area contributed by atoms with E-state index in [4.69, 9.17) is 5.11 Å². The molecule has 0 aromatic heterocycles. The van der Waals surface area contributed by atoms with Crippen molar-refractivity contribution in [1.29, 1.82) is 0 Å². The number of unbranched alkanes of at least 4 members (excludes halogenated alkanes) is 1. The lowest BCUT2D eigenvalue weighted by Gasteiger charge is -2.09. The summed E-state index contributed by atoms with van der Waals surface area (Å²) in [5, 5.41) is 8.56. The second-order valence-corrected chi connectivity index (χ2v) is 4.72. The van der Waals surface area contributed by atoms with Crippen molar-refractivity contribution in [1.82, 2.24) is 0 Å². The summed E-state index contributed by atoms with van der Waals surface area (Å²) in [5.41, 5.74) is 3.07. The van der Waals surface area contributed by atoms with Crippen LogP contribution in [0.2, 0.25) is 0 Å². The van der Waals surface area contributed by atoms with E-state index in [0.29, 0.717) is 19.3 Å². The number of hydrogen-bond donors (Lipinski definition) is 1. The van der Waals surface area contributed by atoms with Crippen LogP contribution in [0.5, 0.6) is 0 Å². The minimum Gasteiger partial charge on any atom is -0.481 e. The first kappa shape index (κ1) is 15.4. The molecule has 0 fully saturated rings. The number of benzene rings is 1. The van der Waals surface area contributed by atoms with Crippen LogP contribution in [0, 0.1) is 0 Å². The largest absolute Gasteiger partial charge is 0.481 e. The lowest BCUT2D eigenvalue weighted by atomic mass is 9.95. The monoisotopic (exact) mass is 262 g/mol. The highest BCUT2D eigenvalue weighted by atomic mass is 16.4. The van der Waals surface area contributed by atoms with E-state index in [1.54, 1.807) is 0 Å². The van der Waals surface area contributed by atoms with Crippen LogP contribution in [0.25, 0.3) is 0 Å². The molecular formula is C16H22O3. The predicted octanol–water partition coefficient (Wildman–Crippen LogP) is 3.64. The van der Waals surface area contributed by atoms with Gasteiger partial charge in [0, 0.05) is 18.4 Å². The average Bonchev–Trinajstić information content (AvgIpc) is 2.42. The van der Waals surface area contributed by atoms with Crippen molar-refractivity contribution in [3.8, 4) is 0 Å². The van der Waals surface area contributed by atoms with Gasteiger partial charge in [-0.3, -0.25) is 9.59 Å². The van der Waals surface area contributed by atoms with Gasteiger partial charge >= 0.3 is 5.97 Å². The van der Waals surface area contributed by atoms with Crippen LogP contribution >= 0.6 is 0 Å². The van der Waals surface area contributed by atoms with Crippen molar-refractivity contribution >= 4 is 11.8 Å². The maximum atomic E-state index is 12.2. The number of carboxylic acid groups (broad SMARTS) is 1. The number of ketones is 1. The molecular weight excluding hydrogens is 240 g/mol. The van der Waals surface area contributed by atoms with Gasteiger partial charge in [-0.15, -0.1) is 0 Å². The number of carbonyl (C=O) groups excluding carboxylic acids is 1. The van der Waals surface area contributed by atoms with Crippen molar-refractivity contribution in [3.63, 3.8) is 0 Å². The van der Waals surface area contributed by atoms with Gasteiger partial charge in [0.15, 0.2) is 5.78 Å². The summed E-state index contributed by atoms with van der Waals surface area (Å²) in [7, 11) is 0. The van der Waals surface area contributed by atoms with Crippen LogP contribution in [0.1, 0.15) is 61.0 Å². The van der Waals surface area contributed by atoms with Crippen molar-refractivity contribution in [2.45, 2.75) is 52.4 Å². The first-order valence-corrected chi connectivity index (χ1v) is 6.95. The van der Waals surface area contributed by atoms with Gasteiger partial charge < -0.3 is 5.11 Å². The van der Waals surface area contributed by atoms with Crippen LogP contribution < -0.4 is 0 Å². The summed E-state index contributed by atoms with van der Waals surface area (Å²) < 4.78 is 0. The number of aryl methyl sites for hydroxylation is 2. The third kappa shape index (κ3) is 4.86. The van der Waals surface area contributed by atoms with Crippen LogP contribution in [-0.4, -0.2) is 16.9 Å². The molecule has 0 atom stereocenters. The van der Waals surface area contributed by atoms with Crippen LogP contribution in [0.4, 0.5) is 0 Å². The van der Waals surface area contributed by atoms with E-state index >= 15 is 0 Å². The lowest BCUT2D eigenvalue weighted by Crippen LogP contribution is -2.05. The van der Waals surface area contributed by atoms with Crippen LogP contribution in [0.3, 0.4) is 0 Å². The maximum Gasteiger partial charge on any atom is 0.303 e. The summed E-state index contributed by atoms with van der Waals surface area (Å²) in [6, 6.07) is 6.09. The van der Waals surface area contributed by atoms with Gasteiger partial charge in [-0.2, -0.15) is 0 Å². The van der Waals surface area contributed by atoms with Gasteiger partial charge in [-0.25, -0.2) is 0 Å². The van der Waals surface area contributed by atoms with E-state index in [1.165, 1.54) is 5.56 Å². The van der Waals surface area contributed by atoms with Gasteiger partial charge in [0.05, 0.1) is 0 Å². The van der Waals surface area contributed by atoms with Gasteiger partial charge in [0.1, 0.15) is 0 Å². The Morgan fingerprint density at radius 3 is 2.32 bits per heavy atom. The lowest BCUT2D eigenvalue weighted by molar-refractivity contribution is -0.137. The maximum absolute atomic E-state index is 12.2. The van der Waals surface area contributed by atoms with Crippen molar-refractivity contribution in [2.24, 2.45) is 0 Å². The molecule has 0 amide bonds. The molecule has 1 aromatic carbocycles. The number of rotatable bonds is 8. The number of carboxylic acids is 1. The Kier molecular flexibility index (Phi) is 6.26. The first-order valence-electron chi connectivity index (χ1n) is 6.95. The van der Waals surface area contributed by atoms with Crippen LogP contribution in [0.15, 0.2) is 18.2 Å². The average molecular weight is 262 g/mol. The Hall–Kier alpha value is -1.64. The van der Waals surface area contributed by atoms with E-state index in [1.807, 2.05) is 19.1 Å². The molecule has 0 saturated carbocycles. The van der Waals surface area contributed by atoms with E-state index < -0.39 is 5.97 Å². The Labute approximate surface area is 114 Å². The minimum atomic E-state index is -0.797. The SMILES string of the molecule is CCc1ccc(CC)c(C(=O)CCCCC(=O)O)c1. The molecule has 0 saturated heterocycles. The highest BCUT2D eigenvalue weighted by Gasteiger charge is 2.11. The molecule has 1 N–H and O–H groups in total. The Bertz CT molecular complexity index is 449. The molecule has 19 heavy (non-hydrogen) atoms. The minimum absolute atomic E-state index is 0.137. The third-order valence-corrected chi connectivity index (χ3v) is 3.31. The van der Waals surface area contributed by atoms with E-state index in [9.17, 15) is 9.59 Å². The molecule has 1 rings (SSSR count). The van der Waals surface area contributed by atoms with Gasteiger partial charge in [-0.05, 0) is 42.9 Å². The number of Topliss-reactive ketones (excluding diaryl/α,β-unsaturated/α-hetero) is 1. The summed E-state index contributed by atoms with van der Waals surface area (Å²) in [6.07, 6.45) is 3.56. The summed E-state index contributed by atoms with van der Waals surface area (Å²) >= 11 is 0. The predicted molar refractivity (Wildman–Crippen MR) is 75.6 cm³/mol. The normalized spacial score (nSPS) is 10.4. The number of aliphatic carboxylic acids is 1. The zero-order chi connectivity index (χ0) is 14.3. The fraction of sp³-hybridized carbons (Fsp3) is 0.500. The molecule has 0 aliphatic rings. The molecule has 3 heteroatoms. The van der Waals surface area contributed by atoms with E-state index in [-0.39, 0.29) is 12.2 Å². The molecule has 3 nitrogen and oxygen atoms in total.